The number of nitrogens with two attached hydrogens (primary N) is 1. The maximum Gasteiger partial charge on any atom is 0.251 e. The minimum absolute atomic E-state index is 0.0327. The summed E-state index contributed by atoms with van der Waals surface area (Å²) in [6.07, 6.45) is 13.6. The highest BCUT2D eigenvalue weighted by Crippen LogP contribution is 2.52. The second-order valence-corrected chi connectivity index (χ2v) is 10.7. The van der Waals surface area contributed by atoms with Crippen LogP contribution in [-0.4, -0.2) is 17.8 Å². The summed E-state index contributed by atoms with van der Waals surface area (Å²) < 4.78 is 0. The molecule has 0 spiro atoms. The lowest BCUT2D eigenvalue weighted by Crippen LogP contribution is -2.44. The summed E-state index contributed by atoms with van der Waals surface area (Å²) >= 11 is 1.46. The minimum Gasteiger partial charge on any atom is -0.550 e. The number of carboxylic acids is 1. The molecule has 4 unspecified atom stereocenters. The number of rotatable bonds is 4. The number of aliphatic carboxylic acids is 1. The molecule has 1 heterocycles. The molecule has 2 fully saturated rings. The molecule has 0 aromatic carbocycles. The maximum atomic E-state index is 13.2. The zero-order valence-corrected chi connectivity index (χ0v) is 18.9. The Morgan fingerprint density at radius 3 is 2.06 bits per heavy atom. The Bertz CT molecular complexity index is 849. The third-order valence-electron chi connectivity index (χ3n) is 7.65. The van der Waals surface area contributed by atoms with Gasteiger partial charge in [0.2, 0.25) is 5.91 Å². The van der Waals surface area contributed by atoms with E-state index in [4.69, 9.17) is 5.73 Å². The highest BCUT2D eigenvalue weighted by atomic mass is 32.1. The van der Waals surface area contributed by atoms with Crippen molar-refractivity contribution in [2.75, 3.05) is 5.32 Å². The van der Waals surface area contributed by atoms with Crippen LogP contribution in [0.4, 0.5) is 5.00 Å². The van der Waals surface area contributed by atoms with Gasteiger partial charge in [-0.3, -0.25) is 9.59 Å². The van der Waals surface area contributed by atoms with Crippen molar-refractivity contribution >= 4 is 34.1 Å². The Morgan fingerprint density at radius 1 is 0.871 bits per heavy atom. The van der Waals surface area contributed by atoms with E-state index in [1.54, 1.807) is 0 Å². The van der Waals surface area contributed by atoms with Gasteiger partial charge < -0.3 is 21.0 Å². The Labute approximate surface area is 188 Å². The van der Waals surface area contributed by atoms with Crippen LogP contribution in [0.25, 0.3) is 0 Å². The van der Waals surface area contributed by atoms with E-state index < -0.39 is 23.7 Å². The first-order chi connectivity index (χ1) is 15.0. The van der Waals surface area contributed by atoms with Gasteiger partial charge in [-0.15, -0.1) is 11.3 Å². The molecular formula is C24H33N2O4S-. The van der Waals surface area contributed by atoms with Crippen molar-refractivity contribution < 1.29 is 19.5 Å². The molecule has 4 rings (SSSR count). The fourth-order valence-corrected chi connectivity index (χ4v) is 7.48. The number of fused-ring (bicyclic) bond motifs is 3. The van der Waals surface area contributed by atoms with Gasteiger partial charge in [0.25, 0.3) is 5.91 Å². The average molecular weight is 446 g/mol. The van der Waals surface area contributed by atoms with Crippen LogP contribution in [0.2, 0.25) is 0 Å². The molecule has 7 heteroatoms. The third kappa shape index (κ3) is 4.66. The van der Waals surface area contributed by atoms with Crippen molar-refractivity contribution in [1.29, 1.82) is 0 Å². The van der Waals surface area contributed by atoms with E-state index in [1.807, 2.05) is 0 Å². The van der Waals surface area contributed by atoms with Gasteiger partial charge in [-0.1, -0.05) is 38.5 Å². The fraction of sp³-hybridized carbons (Fsp3) is 0.708. The van der Waals surface area contributed by atoms with Crippen LogP contribution in [0.5, 0.6) is 0 Å². The molecule has 4 atom stereocenters. The molecule has 2 bridgehead atoms. The molecule has 1 aromatic rings. The van der Waals surface area contributed by atoms with Crippen molar-refractivity contribution in [3.63, 3.8) is 0 Å². The van der Waals surface area contributed by atoms with Crippen molar-refractivity contribution in [3.8, 4) is 0 Å². The van der Waals surface area contributed by atoms with Gasteiger partial charge in [-0.25, -0.2) is 0 Å². The third-order valence-corrected chi connectivity index (χ3v) is 8.85. The van der Waals surface area contributed by atoms with Crippen LogP contribution in [0.3, 0.4) is 0 Å². The van der Waals surface area contributed by atoms with Gasteiger partial charge in [-0.05, 0) is 62.3 Å². The quantitative estimate of drug-likeness (QED) is 0.739. The number of hydrogen-bond acceptors (Lipinski definition) is 5. The predicted molar refractivity (Wildman–Crippen MR) is 119 cm³/mol. The topological polar surface area (TPSA) is 112 Å². The Balaban J connectivity index is 1.59. The number of carboxylic acid groups (broad SMARTS) is 1. The lowest BCUT2D eigenvalue weighted by Gasteiger charge is -2.30. The van der Waals surface area contributed by atoms with E-state index >= 15 is 0 Å². The molecule has 6 nitrogen and oxygen atoms in total. The lowest BCUT2D eigenvalue weighted by atomic mass is 9.78. The molecule has 2 saturated carbocycles. The van der Waals surface area contributed by atoms with Crippen molar-refractivity contribution in [2.45, 2.75) is 83.5 Å². The van der Waals surface area contributed by atoms with Gasteiger partial charge in [0.05, 0.1) is 5.56 Å². The molecule has 2 amide bonds. The fourth-order valence-electron chi connectivity index (χ4n) is 6.18. The summed E-state index contributed by atoms with van der Waals surface area (Å²) in [6, 6.07) is 0. The molecule has 3 aliphatic carbocycles. The van der Waals surface area contributed by atoms with E-state index in [0.29, 0.717) is 10.6 Å². The maximum absolute atomic E-state index is 13.2. The Hall–Kier alpha value is -1.89. The van der Waals surface area contributed by atoms with E-state index in [2.05, 4.69) is 5.32 Å². The van der Waals surface area contributed by atoms with E-state index in [1.165, 1.54) is 43.4 Å². The second kappa shape index (κ2) is 9.72. The standard InChI is InChI=1S/C24H34N2O4S/c25-21(27)20-16-9-7-5-3-1-2-4-6-8-10-17(16)31-23(20)26-22(28)18-14-11-12-15(13-14)19(18)24(29)30/h14-15,18-19H,1-13H2,(H2,25,27)(H,26,28)(H,29,30)/p-1. The van der Waals surface area contributed by atoms with Gasteiger partial charge >= 0.3 is 0 Å². The number of anilines is 1. The SMILES string of the molecule is NC(=O)c1c(NC(=O)C2C3CCC(C3)C2C(=O)[O-])sc2c1CCCCCCCCCC2. The van der Waals surface area contributed by atoms with Crippen molar-refractivity contribution in [1.82, 2.24) is 0 Å². The van der Waals surface area contributed by atoms with Crippen LogP contribution in [-0.2, 0) is 22.4 Å². The zero-order valence-electron chi connectivity index (χ0n) is 18.1. The summed E-state index contributed by atoms with van der Waals surface area (Å²) in [5.74, 6) is -3.11. The van der Waals surface area contributed by atoms with Crippen LogP contribution in [0.15, 0.2) is 0 Å². The molecular weight excluding hydrogens is 412 g/mol. The number of carbonyl (C=O) groups is 3. The molecule has 1 aromatic heterocycles. The molecule has 31 heavy (non-hydrogen) atoms. The smallest absolute Gasteiger partial charge is 0.251 e. The van der Waals surface area contributed by atoms with Gasteiger partial charge in [0.1, 0.15) is 5.00 Å². The average Bonchev–Trinajstić information content (AvgIpc) is 3.41. The van der Waals surface area contributed by atoms with Gasteiger partial charge in [0, 0.05) is 22.7 Å². The van der Waals surface area contributed by atoms with Crippen molar-refractivity contribution in [2.24, 2.45) is 29.4 Å². The highest BCUT2D eigenvalue weighted by molar-refractivity contribution is 7.17. The summed E-state index contributed by atoms with van der Waals surface area (Å²) in [5.41, 5.74) is 7.22. The predicted octanol–water partition coefficient (Wildman–Crippen LogP) is 3.42. The normalized spacial score (nSPS) is 28.9. The lowest BCUT2D eigenvalue weighted by molar-refractivity contribution is -0.314. The number of nitrogens with one attached hydrogen (secondary N) is 1. The number of thiophene rings is 1. The number of carbonyl (C=O) groups excluding carboxylic acids is 3. The number of aryl methyl sites for hydroxylation is 1. The summed E-state index contributed by atoms with van der Waals surface area (Å²) in [4.78, 5) is 38.5. The Kier molecular flexibility index (Phi) is 6.99. The first kappa shape index (κ1) is 22.3. The summed E-state index contributed by atoms with van der Waals surface area (Å²) in [5, 5.41) is 15.2. The first-order valence-electron chi connectivity index (χ1n) is 11.9. The first-order valence-corrected chi connectivity index (χ1v) is 12.7. The molecule has 0 radical (unpaired) electrons. The number of primary amides is 1. The van der Waals surface area contributed by atoms with Gasteiger partial charge in [0.15, 0.2) is 0 Å². The highest BCUT2D eigenvalue weighted by Gasteiger charge is 2.51. The van der Waals surface area contributed by atoms with Crippen LogP contribution in [0.1, 0.15) is 91.4 Å². The molecule has 0 aliphatic heterocycles. The van der Waals surface area contributed by atoms with E-state index in [9.17, 15) is 19.5 Å². The molecule has 3 N–H and O–H groups in total. The number of hydrogen-bond donors (Lipinski definition) is 2. The van der Waals surface area contributed by atoms with Crippen LogP contribution >= 0.6 is 11.3 Å². The minimum atomic E-state index is -1.12. The molecule has 3 aliphatic rings. The van der Waals surface area contributed by atoms with E-state index in [0.717, 1.165) is 61.8 Å². The Morgan fingerprint density at radius 2 is 1.45 bits per heavy atom. The molecule has 170 valence electrons. The summed E-state index contributed by atoms with van der Waals surface area (Å²) in [6.45, 7) is 0. The number of amides is 2. The van der Waals surface area contributed by atoms with Crippen molar-refractivity contribution in [3.05, 3.63) is 16.0 Å². The zero-order chi connectivity index (χ0) is 22.0. The van der Waals surface area contributed by atoms with Crippen LogP contribution < -0.4 is 16.2 Å². The van der Waals surface area contributed by atoms with Gasteiger partial charge in [-0.2, -0.15) is 0 Å². The largest absolute Gasteiger partial charge is 0.550 e. The summed E-state index contributed by atoms with van der Waals surface area (Å²) in [7, 11) is 0. The van der Waals surface area contributed by atoms with E-state index in [-0.39, 0.29) is 17.7 Å². The monoisotopic (exact) mass is 445 g/mol. The second-order valence-electron chi connectivity index (χ2n) is 9.59. The molecule has 0 saturated heterocycles. The van der Waals surface area contributed by atoms with Crippen LogP contribution in [0, 0.1) is 23.7 Å².